The quantitative estimate of drug-likeness (QED) is 0.730. The van der Waals surface area contributed by atoms with Gasteiger partial charge in [-0.1, -0.05) is 19.1 Å². The van der Waals surface area contributed by atoms with Crippen LogP contribution in [0.15, 0.2) is 36.7 Å². The van der Waals surface area contributed by atoms with Crippen molar-refractivity contribution >= 4 is 16.9 Å². The standard InChI is InChI=1S/C19H23N5O2/c1-3-17-21-13-6-4-5-7-15(13)23(17)11-18(26)22-14-8-16(25)19(14)24-10-12(2)9-20-24/h4-7,9-10,14,16,19,25H,3,8,11H2,1-2H3,(H,22,26)/t14-,16+,19+/m0/s1. The summed E-state index contributed by atoms with van der Waals surface area (Å²) in [4.78, 5) is 17.2. The van der Waals surface area contributed by atoms with E-state index in [2.05, 4.69) is 15.4 Å². The van der Waals surface area contributed by atoms with Crippen molar-refractivity contribution in [2.45, 2.75) is 51.4 Å². The highest BCUT2D eigenvalue weighted by Gasteiger charge is 2.42. The van der Waals surface area contributed by atoms with E-state index in [0.29, 0.717) is 6.42 Å². The number of hydrogen-bond donors (Lipinski definition) is 2. The molecule has 0 saturated heterocycles. The zero-order valence-corrected chi connectivity index (χ0v) is 15.0. The molecule has 1 amide bonds. The summed E-state index contributed by atoms with van der Waals surface area (Å²) in [5.41, 5.74) is 2.90. The van der Waals surface area contributed by atoms with E-state index >= 15 is 0 Å². The van der Waals surface area contributed by atoms with Crippen LogP contribution in [-0.2, 0) is 17.8 Å². The molecule has 1 aromatic carbocycles. The number of hydrogen-bond acceptors (Lipinski definition) is 4. The summed E-state index contributed by atoms with van der Waals surface area (Å²) in [7, 11) is 0. The first kappa shape index (κ1) is 16.8. The summed E-state index contributed by atoms with van der Waals surface area (Å²) in [5, 5.41) is 17.4. The third-order valence-corrected chi connectivity index (χ3v) is 5.04. The summed E-state index contributed by atoms with van der Waals surface area (Å²) < 4.78 is 3.71. The number of aryl methyl sites for hydroxylation is 2. The minimum Gasteiger partial charge on any atom is -0.391 e. The smallest absolute Gasteiger partial charge is 0.240 e. The molecular weight excluding hydrogens is 330 g/mol. The van der Waals surface area contributed by atoms with Crippen LogP contribution in [-0.4, -0.2) is 42.5 Å². The van der Waals surface area contributed by atoms with Gasteiger partial charge in [-0.3, -0.25) is 9.48 Å². The van der Waals surface area contributed by atoms with Crippen LogP contribution in [0.3, 0.4) is 0 Å². The van der Waals surface area contributed by atoms with Gasteiger partial charge >= 0.3 is 0 Å². The van der Waals surface area contributed by atoms with Gasteiger partial charge in [0.25, 0.3) is 0 Å². The first-order valence-electron chi connectivity index (χ1n) is 8.99. The van der Waals surface area contributed by atoms with E-state index in [1.807, 2.05) is 48.9 Å². The molecule has 0 radical (unpaired) electrons. The molecule has 1 aliphatic rings. The molecule has 1 fully saturated rings. The highest BCUT2D eigenvalue weighted by atomic mass is 16.3. The molecule has 2 N–H and O–H groups in total. The number of nitrogens with zero attached hydrogens (tertiary/aromatic N) is 4. The predicted octanol–water partition coefficient (Wildman–Crippen LogP) is 1.59. The molecule has 1 saturated carbocycles. The van der Waals surface area contributed by atoms with Crippen molar-refractivity contribution in [1.29, 1.82) is 0 Å². The third kappa shape index (κ3) is 2.88. The van der Waals surface area contributed by atoms with Gasteiger partial charge in [-0.15, -0.1) is 0 Å². The lowest BCUT2D eigenvalue weighted by atomic mass is 9.83. The zero-order chi connectivity index (χ0) is 18.3. The average Bonchev–Trinajstić information content (AvgIpc) is 3.18. The maximum absolute atomic E-state index is 12.6. The lowest BCUT2D eigenvalue weighted by Crippen LogP contribution is -2.56. The molecule has 7 heteroatoms. The van der Waals surface area contributed by atoms with E-state index in [4.69, 9.17) is 0 Å². The maximum Gasteiger partial charge on any atom is 0.240 e. The number of rotatable bonds is 5. The summed E-state index contributed by atoms with van der Waals surface area (Å²) in [6.07, 6.45) is 4.47. The lowest BCUT2D eigenvalue weighted by molar-refractivity contribution is -0.125. The highest BCUT2D eigenvalue weighted by molar-refractivity contribution is 5.81. The van der Waals surface area contributed by atoms with E-state index in [1.54, 1.807) is 10.9 Å². The van der Waals surface area contributed by atoms with Crippen molar-refractivity contribution in [3.8, 4) is 0 Å². The average molecular weight is 353 g/mol. The Morgan fingerprint density at radius 1 is 1.38 bits per heavy atom. The molecule has 4 rings (SSSR count). The van der Waals surface area contributed by atoms with E-state index < -0.39 is 6.10 Å². The van der Waals surface area contributed by atoms with E-state index in [1.165, 1.54) is 0 Å². The molecule has 0 spiro atoms. The second-order valence-corrected chi connectivity index (χ2v) is 6.92. The third-order valence-electron chi connectivity index (χ3n) is 5.04. The number of aliphatic hydroxyl groups excluding tert-OH is 1. The molecule has 2 aromatic heterocycles. The number of imidazole rings is 1. The van der Waals surface area contributed by atoms with Crippen molar-refractivity contribution in [2.24, 2.45) is 0 Å². The Morgan fingerprint density at radius 3 is 2.88 bits per heavy atom. The Hall–Kier alpha value is -2.67. The largest absolute Gasteiger partial charge is 0.391 e. The van der Waals surface area contributed by atoms with Gasteiger partial charge in [-0.2, -0.15) is 5.10 Å². The number of benzene rings is 1. The van der Waals surface area contributed by atoms with Crippen LogP contribution in [0.25, 0.3) is 11.0 Å². The predicted molar refractivity (Wildman–Crippen MR) is 97.7 cm³/mol. The van der Waals surface area contributed by atoms with Gasteiger partial charge in [0.2, 0.25) is 5.91 Å². The van der Waals surface area contributed by atoms with Gasteiger partial charge < -0.3 is 15.0 Å². The Morgan fingerprint density at radius 2 is 2.19 bits per heavy atom. The van der Waals surface area contributed by atoms with E-state index in [0.717, 1.165) is 28.8 Å². The summed E-state index contributed by atoms with van der Waals surface area (Å²) in [5.74, 6) is 0.822. The van der Waals surface area contributed by atoms with Crippen LogP contribution in [0.4, 0.5) is 0 Å². The van der Waals surface area contributed by atoms with Crippen molar-refractivity contribution in [2.75, 3.05) is 0 Å². The van der Waals surface area contributed by atoms with Crippen molar-refractivity contribution in [1.82, 2.24) is 24.6 Å². The number of fused-ring (bicyclic) bond motifs is 1. The number of aromatic nitrogens is 4. The summed E-state index contributed by atoms with van der Waals surface area (Å²) in [6, 6.07) is 7.52. The van der Waals surface area contributed by atoms with Crippen LogP contribution in [0.5, 0.6) is 0 Å². The van der Waals surface area contributed by atoms with Crippen LogP contribution >= 0.6 is 0 Å². The highest BCUT2D eigenvalue weighted by Crippen LogP contribution is 2.32. The molecule has 7 nitrogen and oxygen atoms in total. The molecule has 0 aliphatic heterocycles. The second kappa shape index (κ2) is 6.57. The van der Waals surface area contributed by atoms with Gasteiger partial charge in [0.15, 0.2) is 0 Å². The summed E-state index contributed by atoms with van der Waals surface area (Å²) >= 11 is 0. The number of carbonyl (C=O) groups is 1. The normalized spacial score (nSPS) is 22.3. The van der Waals surface area contributed by atoms with Crippen molar-refractivity contribution < 1.29 is 9.90 Å². The van der Waals surface area contributed by atoms with Gasteiger partial charge in [0, 0.05) is 12.6 Å². The monoisotopic (exact) mass is 353 g/mol. The Labute approximate surface area is 151 Å². The second-order valence-electron chi connectivity index (χ2n) is 6.92. The maximum atomic E-state index is 12.6. The topological polar surface area (TPSA) is 85.0 Å². The van der Waals surface area contributed by atoms with Gasteiger partial charge in [-0.05, 0) is 31.0 Å². The first-order chi connectivity index (χ1) is 12.6. The Kier molecular flexibility index (Phi) is 4.24. The van der Waals surface area contributed by atoms with Crippen LogP contribution in [0.1, 0.15) is 30.8 Å². The van der Waals surface area contributed by atoms with Gasteiger partial charge in [0.05, 0.1) is 35.4 Å². The summed E-state index contributed by atoms with van der Waals surface area (Å²) in [6.45, 7) is 4.22. The van der Waals surface area contributed by atoms with E-state index in [9.17, 15) is 9.90 Å². The molecule has 0 unspecified atom stereocenters. The molecule has 3 aromatic rings. The molecular formula is C19H23N5O2. The van der Waals surface area contributed by atoms with Gasteiger partial charge in [0.1, 0.15) is 12.4 Å². The fraction of sp³-hybridized carbons (Fsp3) is 0.421. The van der Waals surface area contributed by atoms with Crippen LogP contribution in [0, 0.1) is 6.92 Å². The van der Waals surface area contributed by atoms with Crippen LogP contribution in [0.2, 0.25) is 0 Å². The molecule has 1 aliphatic carbocycles. The molecule has 136 valence electrons. The molecule has 26 heavy (non-hydrogen) atoms. The molecule has 0 bridgehead atoms. The first-order valence-corrected chi connectivity index (χ1v) is 8.99. The van der Waals surface area contributed by atoms with Crippen LogP contribution < -0.4 is 5.32 Å². The SMILES string of the molecule is CCc1nc2ccccc2n1CC(=O)N[C@H]1C[C@@H](O)[C@@H]1n1cc(C)cn1. The van der Waals surface area contributed by atoms with Crippen molar-refractivity contribution in [3.05, 3.63) is 48.0 Å². The fourth-order valence-corrected chi connectivity index (χ4v) is 3.68. The molecule has 2 heterocycles. The fourth-order valence-electron chi connectivity index (χ4n) is 3.68. The molecule has 3 atom stereocenters. The zero-order valence-electron chi connectivity index (χ0n) is 15.0. The van der Waals surface area contributed by atoms with Crippen molar-refractivity contribution in [3.63, 3.8) is 0 Å². The Balaban J connectivity index is 1.49. The number of nitrogens with one attached hydrogen (secondary N) is 1. The number of amides is 1. The number of para-hydroxylation sites is 2. The van der Waals surface area contributed by atoms with Gasteiger partial charge in [-0.25, -0.2) is 4.98 Å². The minimum absolute atomic E-state index is 0.0753. The van der Waals surface area contributed by atoms with E-state index in [-0.39, 0.29) is 24.5 Å². The number of aliphatic hydroxyl groups is 1. The Bertz CT molecular complexity index is 944. The minimum atomic E-state index is -0.486. The number of carbonyl (C=O) groups excluding carboxylic acids is 1. The lowest BCUT2D eigenvalue weighted by Gasteiger charge is -2.41.